The molecule has 1 aliphatic rings. The third-order valence-electron chi connectivity index (χ3n) is 4.74. The highest BCUT2D eigenvalue weighted by atomic mass is 16.5. The van der Waals surface area contributed by atoms with Crippen LogP contribution >= 0.6 is 0 Å². The van der Waals surface area contributed by atoms with Crippen molar-refractivity contribution in [1.29, 1.82) is 0 Å². The lowest BCUT2D eigenvalue weighted by Crippen LogP contribution is -2.45. The number of ether oxygens (including phenoxy) is 3. The molecule has 0 aromatic heterocycles. The van der Waals surface area contributed by atoms with Gasteiger partial charge in [0.05, 0.1) is 21.3 Å². The molecular formula is C17H26O7. The second-order valence-corrected chi connectivity index (χ2v) is 6.04. The Morgan fingerprint density at radius 2 is 1.58 bits per heavy atom. The third-order valence-corrected chi connectivity index (χ3v) is 4.74. The summed E-state index contributed by atoms with van der Waals surface area (Å²) in [6.07, 6.45) is 3.62. The van der Waals surface area contributed by atoms with Gasteiger partial charge < -0.3 is 14.2 Å². The van der Waals surface area contributed by atoms with E-state index in [1.165, 1.54) is 7.11 Å². The van der Waals surface area contributed by atoms with Gasteiger partial charge in [0.1, 0.15) is 5.92 Å². The van der Waals surface area contributed by atoms with Gasteiger partial charge in [0, 0.05) is 5.92 Å². The number of carbonyl (C=O) groups is 4. The number of esters is 3. The molecule has 0 amide bonds. The van der Waals surface area contributed by atoms with E-state index in [4.69, 9.17) is 9.47 Å². The monoisotopic (exact) mass is 342 g/mol. The molecule has 136 valence electrons. The second-order valence-electron chi connectivity index (χ2n) is 6.04. The smallest absolute Gasteiger partial charge is 0.324 e. The molecule has 1 fully saturated rings. The molecule has 0 saturated heterocycles. The van der Waals surface area contributed by atoms with Crippen LogP contribution in [-0.2, 0) is 33.4 Å². The highest BCUT2D eigenvalue weighted by molar-refractivity contribution is 6.13. The van der Waals surface area contributed by atoms with Gasteiger partial charge in [-0.05, 0) is 12.8 Å². The summed E-state index contributed by atoms with van der Waals surface area (Å²) >= 11 is 0. The minimum atomic E-state index is -1.77. The summed E-state index contributed by atoms with van der Waals surface area (Å²) in [5.41, 5.74) is -1.77. The van der Waals surface area contributed by atoms with Gasteiger partial charge in [-0.25, -0.2) is 0 Å². The van der Waals surface area contributed by atoms with Crippen LogP contribution in [0.5, 0.6) is 0 Å². The number of hydrogen-bond acceptors (Lipinski definition) is 7. The summed E-state index contributed by atoms with van der Waals surface area (Å²) in [4.78, 5) is 49.4. The number of Topliss-reactive ketones (excluding diaryl/α,β-unsaturated/α-hetero) is 1. The second kappa shape index (κ2) is 8.80. The third kappa shape index (κ3) is 3.60. The van der Waals surface area contributed by atoms with E-state index in [2.05, 4.69) is 11.7 Å². The van der Waals surface area contributed by atoms with Gasteiger partial charge >= 0.3 is 17.9 Å². The van der Waals surface area contributed by atoms with Crippen molar-refractivity contribution in [2.75, 3.05) is 21.3 Å². The fraction of sp³-hybridized carbons (Fsp3) is 0.765. The molecule has 0 heterocycles. The number of ketones is 1. The zero-order valence-electron chi connectivity index (χ0n) is 14.8. The maximum Gasteiger partial charge on any atom is 0.324 e. The van der Waals surface area contributed by atoms with Crippen molar-refractivity contribution in [3.63, 3.8) is 0 Å². The molecule has 1 rings (SSSR count). The van der Waals surface area contributed by atoms with Crippen LogP contribution in [0.1, 0.15) is 45.4 Å². The summed E-state index contributed by atoms with van der Waals surface area (Å²) in [5.74, 6) is -4.95. The predicted octanol–water partition coefficient (Wildman–Crippen LogP) is 1.67. The Bertz CT molecular complexity index is 481. The van der Waals surface area contributed by atoms with Crippen molar-refractivity contribution < 1.29 is 33.4 Å². The summed E-state index contributed by atoms with van der Waals surface area (Å²) in [6.45, 7) is 2.06. The van der Waals surface area contributed by atoms with Crippen LogP contribution in [0, 0.1) is 17.3 Å². The fourth-order valence-corrected chi connectivity index (χ4v) is 3.45. The molecule has 1 saturated carbocycles. The van der Waals surface area contributed by atoms with Gasteiger partial charge in [-0.2, -0.15) is 0 Å². The van der Waals surface area contributed by atoms with Crippen LogP contribution in [0.25, 0.3) is 0 Å². The predicted molar refractivity (Wildman–Crippen MR) is 83.8 cm³/mol. The van der Waals surface area contributed by atoms with Crippen LogP contribution in [0.2, 0.25) is 0 Å². The lowest BCUT2D eigenvalue weighted by atomic mass is 9.75. The Morgan fingerprint density at radius 3 is 2.04 bits per heavy atom. The Balaban J connectivity index is 3.21. The maximum atomic E-state index is 12.7. The van der Waals surface area contributed by atoms with Crippen molar-refractivity contribution in [3.8, 4) is 0 Å². The highest BCUT2D eigenvalue weighted by Crippen LogP contribution is 2.48. The minimum Gasteiger partial charge on any atom is -0.468 e. The van der Waals surface area contributed by atoms with Crippen LogP contribution in [0.4, 0.5) is 0 Å². The molecule has 1 aliphatic carbocycles. The quantitative estimate of drug-likeness (QED) is 0.286. The van der Waals surface area contributed by atoms with Crippen molar-refractivity contribution in [3.05, 3.63) is 0 Å². The first-order chi connectivity index (χ1) is 11.4. The van der Waals surface area contributed by atoms with Crippen molar-refractivity contribution in [2.24, 2.45) is 17.3 Å². The van der Waals surface area contributed by atoms with E-state index in [0.717, 1.165) is 33.5 Å². The molecular weight excluding hydrogens is 316 g/mol. The van der Waals surface area contributed by atoms with E-state index >= 15 is 0 Å². The molecule has 7 heteroatoms. The van der Waals surface area contributed by atoms with Gasteiger partial charge in [0.2, 0.25) is 0 Å². The van der Waals surface area contributed by atoms with Crippen LogP contribution in [0.3, 0.4) is 0 Å². The molecule has 0 bridgehead atoms. The first kappa shape index (κ1) is 20.1. The van der Waals surface area contributed by atoms with Crippen molar-refractivity contribution >= 4 is 23.7 Å². The first-order valence-electron chi connectivity index (χ1n) is 8.19. The molecule has 0 N–H and O–H groups in total. The Labute approximate surface area is 142 Å². The first-order valence-corrected chi connectivity index (χ1v) is 8.19. The number of methoxy groups -OCH3 is 3. The number of unbranched alkanes of at least 4 members (excludes halogenated alkanes) is 3. The molecule has 2 atom stereocenters. The average molecular weight is 342 g/mol. The molecule has 0 spiro atoms. The van der Waals surface area contributed by atoms with E-state index < -0.39 is 40.9 Å². The molecule has 7 nitrogen and oxygen atoms in total. The van der Waals surface area contributed by atoms with Gasteiger partial charge in [-0.1, -0.05) is 32.6 Å². The molecule has 24 heavy (non-hydrogen) atoms. The zero-order valence-corrected chi connectivity index (χ0v) is 14.8. The van der Waals surface area contributed by atoms with E-state index in [1.54, 1.807) is 0 Å². The SMILES string of the molecule is CCCCCC[C@@H]1C(=O)[C@@H](C(=O)OC)CC1(C(=O)OC)C(=O)OC. The van der Waals surface area contributed by atoms with Gasteiger partial charge in [-0.15, -0.1) is 0 Å². The van der Waals surface area contributed by atoms with E-state index in [1.807, 2.05) is 0 Å². The topological polar surface area (TPSA) is 96.0 Å². The van der Waals surface area contributed by atoms with Gasteiger partial charge in [-0.3, -0.25) is 19.2 Å². The van der Waals surface area contributed by atoms with E-state index in [0.29, 0.717) is 12.8 Å². The molecule has 0 radical (unpaired) electrons. The maximum absolute atomic E-state index is 12.7. The van der Waals surface area contributed by atoms with Crippen molar-refractivity contribution in [1.82, 2.24) is 0 Å². The molecule has 0 aromatic rings. The van der Waals surface area contributed by atoms with Crippen molar-refractivity contribution in [2.45, 2.75) is 45.4 Å². The van der Waals surface area contributed by atoms with Crippen LogP contribution in [-0.4, -0.2) is 45.0 Å². The lowest BCUT2D eigenvalue weighted by molar-refractivity contribution is -0.173. The molecule has 0 aromatic carbocycles. The summed E-state index contributed by atoms with van der Waals surface area (Å²) in [7, 11) is 3.47. The van der Waals surface area contributed by atoms with E-state index in [9.17, 15) is 19.2 Å². The Kier molecular flexibility index (Phi) is 7.38. The van der Waals surface area contributed by atoms with Crippen LogP contribution in [0.15, 0.2) is 0 Å². The number of carbonyl (C=O) groups excluding carboxylic acids is 4. The average Bonchev–Trinajstić information content (AvgIpc) is 2.90. The highest BCUT2D eigenvalue weighted by Gasteiger charge is 2.65. The Hall–Kier alpha value is -1.92. The molecule has 0 aliphatic heterocycles. The normalized spacial score (nSPS) is 22.1. The number of rotatable bonds is 8. The Morgan fingerprint density at radius 1 is 1.00 bits per heavy atom. The van der Waals surface area contributed by atoms with Gasteiger partial charge in [0.25, 0.3) is 0 Å². The summed E-state index contributed by atoms with van der Waals surface area (Å²) < 4.78 is 14.2. The van der Waals surface area contributed by atoms with Gasteiger partial charge in [0.15, 0.2) is 11.2 Å². The standard InChI is InChI=1S/C17H26O7/c1-5-6-7-8-9-12-13(18)11(14(19)22-2)10-17(12,15(20)23-3)16(21)24-4/h11-12H,5-10H2,1-4H3/t11-,12+/m0/s1. The largest absolute Gasteiger partial charge is 0.468 e. The lowest BCUT2D eigenvalue weighted by Gasteiger charge is -2.28. The number of hydrogen-bond donors (Lipinski definition) is 0. The summed E-state index contributed by atoms with van der Waals surface area (Å²) in [5, 5.41) is 0. The minimum absolute atomic E-state index is 0.268. The zero-order chi connectivity index (χ0) is 18.3. The molecule has 0 unspecified atom stereocenters. The van der Waals surface area contributed by atoms with E-state index in [-0.39, 0.29) is 6.42 Å². The van der Waals surface area contributed by atoms with Crippen LogP contribution < -0.4 is 0 Å². The fourth-order valence-electron chi connectivity index (χ4n) is 3.45. The summed E-state index contributed by atoms with van der Waals surface area (Å²) in [6, 6.07) is 0.